The van der Waals surface area contributed by atoms with Crippen molar-refractivity contribution in [1.29, 1.82) is 0 Å². The average Bonchev–Trinajstić information content (AvgIpc) is 3.01. The fraction of sp³-hybridized carbons (Fsp3) is 0.0667. The second-order valence-corrected chi connectivity index (χ2v) is 5.43. The molecule has 0 saturated carbocycles. The van der Waals surface area contributed by atoms with Crippen molar-refractivity contribution in [3.05, 3.63) is 58.0 Å². The van der Waals surface area contributed by atoms with Gasteiger partial charge < -0.3 is 5.11 Å². The molecule has 0 fully saturated rings. The lowest BCUT2D eigenvalue weighted by Crippen LogP contribution is -2.31. The van der Waals surface area contributed by atoms with E-state index in [1.807, 2.05) is 19.1 Å². The molecular formula is C15H11NO3S. The molecule has 4 nitrogen and oxygen atoms in total. The van der Waals surface area contributed by atoms with Crippen LogP contribution in [0.15, 0.2) is 47.5 Å². The Hall–Kier alpha value is -2.40. The molecule has 1 aromatic carbocycles. The summed E-state index contributed by atoms with van der Waals surface area (Å²) in [4.78, 5) is 26.1. The molecule has 2 heterocycles. The summed E-state index contributed by atoms with van der Waals surface area (Å²) in [5, 5.41) is 11.8. The molecule has 1 aliphatic rings. The lowest BCUT2D eigenvalue weighted by atomic mass is 10.2. The van der Waals surface area contributed by atoms with Gasteiger partial charge in [0.05, 0.1) is 5.69 Å². The second kappa shape index (κ2) is 4.61. The average molecular weight is 285 g/mol. The Balaban J connectivity index is 2.04. The zero-order valence-corrected chi connectivity index (χ0v) is 11.5. The van der Waals surface area contributed by atoms with Gasteiger partial charge in [0.25, 0.3) is 5.91 Å². The number of benzene rings is 1. The number of thiophene rings is 1. The van der Waals surface area contributed by atoms with Crippen LogP contribution in [0.4, 0.5) is 5.69 Å². The van der Waals surface area contributed by atoms with Crippen LogP contribution in [-0.2, 0) is 9.59 Å². The standard InChI is InChI=1S/C15H11NO3S/c1-9-4-6-10(7-5-9)16-14(18)12(13(17)15(16)19)11-3-2-8-20-11/h2-8,17H,1H3. The maximum Gasteiger partial charge on any atom is 0.301 e. The van der Waals surface area contributed by atoms with Crippen molar-refractivity contribution in [2.45, 2.75) is 6.92 Å². The Bertz CT molecular complexity index is 714. The second-order valence-electron chi connectivity index (χ2n) is 4.48. The summed E-state index contributed by atoms with van der Waals surface area (Å²) in [5.74, 6) is -1.65. The van der Waals surface area contributed by atoms with Crippen LogP contribution >= 0.6 is 11.3 Å². The van der Waals surface area contributed by atoms with Crippen LogP contribution < -0.4 is 4.90 Å². The van der Waals surface area contributed by atoms with Crippen LogP contribution in [-0.4, -0.2) is 16.9 Å². The minimum atomic E-state index is -0.678. The SMILES string of the molecule is Cc1ccc(N2C(=O)C(O)=C(c3cccs3)C2=O)cc1. The van der Waals surface area contributed by atoms with Crippen LogP contribution in [0.2, 0.25) is 0 Å². The van der Waals surface area contributed by atoms with Gasteiger partial charge in [-0.05, 0) is 30.5 Å². The van der Waals surface area contributed by atoms with E-state index in [-0.39, 0.29) is 5.57 Å². The molecule has 1 aliphatic heterocycles. The van der Waals surface area contributed by atoms with E-state index in [0.717, 1.165) is 10.5 Å². The number of hydrogen-bond acceptors (Lipinski definition) is 4. The van der Waals surface area contributed by atoms with Crippen LogP contribution in [0.3, 0.4) is 0 Å². The lowest BCUT2D eigenvalue weighted by Gasteiger charge is -2.14. The number of nitrogens with zero attached hydrogens (tertiary/aromatic N) is 1. The Kier molecular flexibility index (Phi) is 2.91. The van der Waals surface area contributed by atoms with Crippen molar-refractivity contribution >= 4 is 34.4 Å². The zero-order chi connectivity index (χ0) is 14.3. The Morgan fingerprint density at radius 1 is 1.05 bits per heavy atom. The maximum atomic E-state index is 12.4. The first-order valence-corrected chi connectivity index (χ1v) is 6.90. The summed E-state index contributed by atoms with van der Waals surface area (Å²) in [7, 11) is 0. The molecule has 0 bridgehead atoms. The van der Waals surface area contributed by atoms with Gasteiger partial charge in [-0.1, -0.05) is 23.8 Å². The Morgan fingerprint density at radius 2 is 1.75 bits per heavy atom. The van der Waals surface area contributed by atoms with Crippen LogP contribution in [0, 0.1) is 6.92 Å². The number of aliphatic hydroxyl groups excluding tert-OH is 1. The molecule has 0 atom stereocenters. The molecule has 0 unspecified atom stereocenters. The van der Waals surface area contributed by atoms with E-state index >= 15 is 0 Å². The Morgan fingerprint density at radius 3 is 2.35 bits per heavy atom. The number of aryl methyl sites for hydroxylation is 1. The summed E-state index contributed by atoms with van der Waals surface area (Å²) in [6.45, 7) is 1.92. The molecule has 2 aromatic rings. The van der Waals surface area contributed by atoms with Gasteiger partial charge in [0.15, 0.2) is 5.76 Å². The number of aliphatic hydroxyl groups is 1. The molecule has 0 aliphatic carbocycles. The molecule has 0 saturated heterocycles. The van der Waals surface area contributed by atoms with Gasteiger partial charge in [0.1, 0.15) is 5.57 Å². The third kappa shape index (κ3) is 1.83. The molecule has 1 N–H and O–H groups in total. The first-order valence-electron chi connectivity index (χ1n) is 6.02. The largest absolute Gasteiger partial charge is 0.502 e. The smallest absolute Gasteiger partial charge is 0.301 e. The fourth-order valence-electron chi connectivity index (χ4n) is 2.09. The van der Waals surface area contributed by atoms with Gasteiger partial charge in [0.2, 0.25) is 0 Å². The number of hydrogen-bond donors (Lipinski definition) is 1. The Labute approximate surface area is 119 Å². The predicted octanol–water partition coefficient (Wildman–Crippen LogP) is 2.90. The molecule has 5 heteroatoms. The van der Waals surface area contributed by atoms with Crippen molar-refractivity contribution in [2.75, 3.05) is 4.90 Å². The van der Waals surface area contributed by atoms with E-state index < -0.39 is 17.6 Å². The van der Waals surface area contributed by atoms with Gasteiger partial charge in [-0.2, -0.15) is 0 Å². The van der Waals surface area contributed by atoms with Crippen molar-refractivity contribution in [3.8, 4) is 0 Å². The molecule has 2 amide bonds. The van der Waals surface area contributed by atoms with E-state index in [1.165, 1.54) is 11.3 Å². The van der Waals surface area contributed by atoms with Gasteiger partial charge in [-0.25, -0.2) is 4.90 Å². The summed E-state index contributed by atoms with van der Waals surface area (Å²) in [6, 6.07) is 10.5. The van der Waals surface area contributed by atoms with Gasteiger partial charge in [0, 0.05) is 4.88 Å². The molecule has 0 spiro atoms. The number of anilines is 1. The number of carbonyl (C=O) groups is 2. The van der Waals surface area contributed by atoms with Gasteiger partial charge in [-0.15, -0.1) is 11.3 Å². The van der Waals surface area contributed by atoms with Gasteiger partial charge >= 0.3 is 5.91 Å². The summed E-state index contributed by atoms with van der Waals surface area (Å²) < 4.78 is 0. The number of amides is 2. The highest BCUT2D eigenvalue weighted by molar-refractivity contribution is 7.11. The quantitative estimate of drug-likeness (QED) is 0.863. The summed E-state index contributed by atoms with van der Waals surface area (Å²) in [5.41, 5.74) is 1.57. The van der Waals surface area contributed by atoms with Gasteiger partial charge in [-0.3, -0.25) is 9.59 Å². The monoisotopic (exact) mass is 285 g/mol. The van der Waals surface area contributed by atoms with Crippen LogP contribution in [0.5, 0.6) is 0 Å². The van der Waals surface area contributed by atoms with Crippen LogP contribution in [0.1, 0.15) is 10.4 Å². The van der Waals surface area contributed by atoms with E-state index in [0.29, 0.717) is 10.6 Å². The van der Waals surface area contributed by atoms with Crippen molar-refractivity contribution in [1.82, 2.24) is 0 Å². The number of carbonyl (C=O) groups excluding carboxylic acids is 2. The third-order valence-electron chi connectivity index (χ3n) is 3.12. The minimum Gasteiger partial charge on any atom is -0.502 e. The molecule has 20 heavy (non-hydrogen) atoms. The van der Waals surface area contributed by atoms with Crippen molar-refractivity contribution < 1.29 is 14.7 Å². The van der Waals surface area contributed by atoms with Crippen molar-refractivity contribution in [2.24, 2.45) is 0 Å². The van der Waals surface area contributed by atoms with E-state index in [1.54, 1.807) is 29.6 Å². The maximum absolute atomic E-state index is 12.4. The summed E-state index contributed by atoms with van der Waals surface area (Å²) in [6.07, 6.45) is 0. The van der Waals surface area contributed by atoms with Crippen molar-refractivity contribution in [3.63, 3.8) is 0 Å². The molecule has 1 aromatic heterocycles. The first-order chi connectivity index (χ1) is 9.59. The third-order valence-corrected chi connectivity index (χ3v) is 4.01. The highest BCUT2D eigenvalue weighted by atomic mass is 32.1. The number of rotatable bonds is 2. The van der Waals surface area contributed by atoms with E-state index in [4.69, 9.17) is 0 Å². The first kappa shape index (κ1) is 12.6. The van der Waals surface area contributed by atoms with Crippen LogP contribution in [0.25, 0.3) is 5.57 Å². The van der Waals surface area contributed by atoms with E-state index in [9.17, 15) is 14.7 Å². The lowest BCUT2D eigenvalue weighted by molar-refractivity contribution is -0.121. The highest BCUT2D eigenvalue weighted by Gasteiger charge is 2.40. The highest BCUT2D eigenvalue weighted by Crippen LogP contribution is 2.33. The minimum absolute atomic E-state index is 0.0746. The predicted molar refractivity (Wildman–Crippen MR) is 77.5 cm³/mol. The normalized spacial score (nSPS) is 15.3. The topological polar surface area (TPSA) is 57.6 Å². The molecule has 0 radical (unpaired) electrons. The zero-order valence-electron chi connectivity index (χ0n) is 10.7. The fourth-order valence-corrected chi connectivity index (χ4v) is 2.85. The number of imide groups is 1. The summed E-state index contributed by atoms with van der Waals surface area (Å²) >= 11 is 1.31. The van der Waals surface area contributed by atoms with E-state index in [2.05, 4.69) is 0 Å². The molecule has 3 rings (SSSR count). The molecular weight excluding hydrogens is 274 g/mol. The molecule has 100 valence electrons.